The van der Waals surface area contributed by atoms with Gasteiger partial charge in [0.2, 0.25) is 23.5 Å². The number of hydrogen-bond acceptors (Lipinski definition) is 16. The highest BCUT2D eigenvalue weighted by Crippen LogP contribution is 2.35. The normalized spacial score (nSPS) is 11.5. The fourth-order valence-corrected chi connectivity index (χ4v) is 8.61. The maximum atomic E-state index is 11.1. The number of aromatic nitrogens is 2. The minimum Gasteiger partial charge on any atom is -0.481 e. The van der Waals surface area contributed by atoms with Crippen molar-refractivity contribution in [2.75, 3.05) is 13.1 Å². The number of nitrogens with one attached hydrogen (secondary N) is 2. The maximum Gasteiger partial charge on any atom is 0.306 e. The molecule has 20 heteroatoms. The van der Waals surface area contributed by atoms with Crippen molar-refractivity contribution in [3.05, 3.63) is 161 Å². The summed E-state index contributed by atoms with van der Waals surface area (Å²) in [6.07, 6.45) is -3.12. The molecule has 0 aliphatic rings. The number of halogens is 2. The van der Waals surface area contributed by atoms with E-state index >= 15 is 0 Å². The van der Waals surface area contributed by atoms with Crippen LogP contribution < -0.4 is 29.6 Å². The van der Waals surface area contributed by atoms with Gasteiger partial charge < -0.3 is 50.0 Å². The van der Waals surface area contributed by atoms with Crippen molar-refractivity contribution >= 4 is 43.8 Å². The van der Waals surface area contributed by atoms with Crippen molar-refractivity contribution in [1.82, 2.24) is 20.6 Å². The largest absolute Gasteiger partial charge is 0.481 e. The lowest BCUT2D eigenvalue weighted by Crippen LogP contribution is -2.28. The molecule has 378 valence electrons. The first kappa shape index (κ1) is 55.4. The number of rotatable bonds is 25. The molecule has 2 aromatic heterocycles. The highest BCUT2D eigenvalue weighted by molar-refractivity contribution is 9.10. The van der Waals surface area contributed by atoms with Gasteiger partial charge in [0.25, 0.3) is 0 Å². The summed E-state index contributed by atoms with van der Waals surface area (Å²) in [7, 11) is 0. The highest BCUT2D eigenvalue weighted by Gasteiger charge is 2.20. The van der Waals surface area contributed by atoms with Crippen LogP contribution in [0.4, 0.5) is 0 Å². The van der Waals surface area contributed by atoms with Crippen LogP contribution in [0.1, 0.15) is 79.6 Å². The molecule has 0 bridgehead atoms. The molecule has 2 atom stereocenters. The second kappa shape index (κ2) is 26.7. The smallest absolute Gasteiger partial charge is 0.306 e. The molecule has 6 N–H and O–H groups in total. The van der Waals surface area contributed by atoms with Gasteiger partial charge in [-0.25, -0.2) is 0 Å². The summed E-state index contributed by atoms with van der Waals surface area (Å²) < 4.78 is 26.0. The zero-order valence-corrected chi connectivity index (χ0v) is 43.2. The molecule has 4 aromatic carbocycles. The first-order valence-corrected chi connectivity index (χ1v) is 24.3. The summed E-state index contributed by atoms with van der Waals surface area (Å²) in [6.45, 7) is 4.41. The second-order valence-corrected chi connectivity index (χ2v) is 18.6. The molecule has 2 heterocycles. The second-order valence-electron chi connectivity index (χ2n) is 16.9. The van der Waals surface area contributed by atoms with Crippen molar-refractivity contribution < 1.29 is 49.0 Å². The monoisotopic (exact) mass is 1130 g/mol. The zero-order chi connectivity index (χ0) is 53.3. The van der Waals surface area contributed by atoms with Crippen molar-refractivity contribution in [2.24, 2.45) is 0 Å². The zero-order valence-electron chi connectivity index (χ0n) is 40.0. The number of carbonyl (C=O) groups is 2. The molecule has 0 saturated carbocycles. The van der Waals surface area contributed by atoms with Crippen molar-refractivity contribution in [1.29, 1.82) is 21.0 Å². The van der Waals surface area contributed by atoms with Gasteiger partial charge >= 0.3 is 11.9 Å². The number of aliphatic carboxylic acids is 2. The summed E-state index contributed by atoms with van der Waals surface area (Å²) >= 11 is 7.16. The number of benzene rings is 4. The molecule has 0 aliphatic carbocycles. The highest BCUT2D eigenvalue weighted by atomic mass is 79.9. The van der Waals surface area contributed by atoms with E-state index < -0.39 is 37.0 Å². The average Bonchev–Trinajstić information content (AvgIpc) is 3.37. The Kier molecular flexibility index (Phi) is 20.0. The van der Waals surface area contributed by atoms with Gasteiger partial charge in [0, 0.05) is 37.3 Å². The number of hydrogen-bond donors (Lipinski definition) is 6. The molecule has 0 fully saturated rings. The number of pyridine rings is 2. The maximum absolute atomic E-state index is 11.1. The van der Waals surface area contributed by atoms with Gasteiger partial charge in [0.15, 0.2) is 0 Å². The Labute approximate surface area is 443 Å². The predicted molar refractivity (Wildman–Crippen MR) is 274 cm³/mol. The first-order chi connectivity index (χ1) is 35.6. The standard InChI is InChI=1S/C54H48Br2N8O10/c1-31-39(29-73-53-47(55)15-41(23-61-25-43(65)17-49(67)68)51(63-53)71-27-37-11-33(19-57)9-34(12-37)20-58)5-3-7-45(31)46-8-4-6-40(32(46)2)30-74-54-48(56)16-42(24-62-26-44(66)18-50(69)70)52(64-54)72-28-38-13-35(21-59)10-36(14-38)22-60/h3-16,43-44,61-62,65-66H,17-18,23-30H2,1-2H3,(H,67,68)(H,69,70). The number of carboxylic acids is 2. The third kappa shape index (κ3) is 15.5. The molecule has 6 rings (SSSR count). The van der Waals surface area contributed by atoms with E-state index in [2.05, 4.69) is 42.5 Å². The van der Waals surface area contributed by atoms with Crippen molar-refractivity contribution in [3.8, 4) is 58.9 Å². The van der Waals surface area contributed by atoms with Crippen LogP contribution in [-0.2, 0) is 49.1 Å². The topological polar surface area (TPSA) is 297 Å². The lowest BCUT2D eigenvalue weighted by atomic mass is 9.92. The van der Waals surface area contributed by atoms with Crippen LogP contribution in [0.25, 0.3) is 11.1 Å². The Balaban J connectivity index is 1.20. The van der Waals surface area contributed by atoms with E-state index in [4.69, 9.17) is 39.1 Å². The van der Waals surface area contributed by atoms with E-state index in [0.29, 0.717) is 53.5 Å². The van der Waals surface area contributed by atoms with E-state index in [1.165, 1.54) is 12.1 Å². The van der Waals surface area contributed by atoms with Crippen LogP contribution in [0.3, 0.4) is 0 Å². The van der Waals surface area contributed by atoms with Gasteiger partial charge in [0.05, 0.1) is 80.5 Å². The molecule has 0 radical (unpaired) electrons. The summed E-state index contributed by atoms with van der Waals surface area (Å²) in [6, 6.07) is 32.9. The molecular formula is C54H48Br2N8O10. The average molecular weight is 1130 g/mol. The Morgan fingerprint density at radius 2 is 0.892 bits per heavy atom. The van der Waals surface area contributed by atoms with Crippen LogP contribution in [0, 0.1) is 59.2 Å². The van der Waals surface area contributed by atoms with Crippen LogP contribution in [0.5, 0.6) is 23.5 Å². The summed E-state index contributed by atoms with van der Waals surface area (Å²) in [5.74, 6) is -1.49. The Bertz CT molecular complexity index is 2940. The fourth-order valence-electron chi connectivity index (χ4n) is 7.66. The van der Waals surface area contributed by atoms with Crippen molar-refractivity contribution in [3.63, 3.8) is 0 Å². The Hall–Kier alpha value is -7.92. The van der Waals surface area contributed by atoms with E-state index in [-0.39, 0.29) is 76.1 Å². The molecule has 0 saturated heterocycles. The van der Waals surface area contributed by atoms with Crippen LogP contribution >= 0.6 is 31.9 Å². The molecule has 18 nitrogen and oxygen atoms in total. The quantitative estimate of drug-likeness (QED) is 0.0317. The van der Waals surface area contributed by atoms with E-state index in [1.54, 1.807) is 36.4 Å². The minimum absolute atomic E-state index is 0.0107. The molecule has 74 heavy (non-hydrogen) atoms. The third-order valence-corrected chi connectivity index (χ3v) is 12.5. The number of aliphatic hydroxyl groups excluding tert-OH is 2. The number of aliphatic hydroxyl groups is 2. The summed E-state index contributed by atoms with van der Waals surface area (Å²) in [5.41, 5.74) is 8.95. The number of ether oxygens (including phenoxy) is 4. The fraction of sp³-hybridized carbons (Fsp3) is 0.259. The minimum atomic E-state index is -1.13. The SMILES string of the molecule is Cc1c(COc2nc(OCc3cc(C#N)cc(C#N)c3)c(CNCC(O)CC(=O)O)cc2Br)cccc1-c1cccc(COc2nc(OCc3cc(C#N)cc(C#N)c3)c(CNCC(O)CC(=O)O)cc2Br)c1C. The van der Waals surface area contributed by atoms with E-state index in [9.17, 15) is 40.8 Å². The molecule has 0 aliphatic heterocycles. The van der Waals surface area contributed by atoms with E-state index in [0.717, 1.165) is 33.4 Å². The summed E-state index contributed by atoms with van der Waals surface area (Å²) in [4.78, 5) is 31.6. The van der Waals surface area contributed by atoms with Crippen LogP contribution in [0.15, 0.2) is 93.9 Å². The van der Waals surface area contributed by atoms with Gasteiger partial charge in [-0.15, -0.1) is 0 Å². The molecule has 2 unspecified atom stereocenters. The number of nitriles is 4. The van der Waals surface area contributed by atoms with Crippen LogP contribution in [0.2, 0.25) is 0 Å². The first-order valence-electron chi connectivity index (χ1n) is 22.7. The molecule has 0 amide bonds. The van der Waals surface area contributed by atoms with Crippen molar-refractivity contribution in [2.45, 2.75) is 78.4 Å². The lowest BCUT2D eigenvalue weighted by molar-refractivity contribution is -0.140. The molecule has 0 spiro atoms. The van der Waals surface area contributed by atoms with E-state index in [1.807, 2.05) is 74.5 Å². The van der Waals surface area contributed by atoms with Gasteiger partial charge in [-0.1, -0.05) is 36.4 Å². The lowest BCUT2D eigenvalue weighted by Gasteiger charge is -2.18. The Morgan fingerprint density at radius 3 is 1.23 bits per heavy atom. The van der Waals surface area contributed by atoms with Gasteiger partial charge in [-0.2, -0.15) is 31.0 Å². The van der Waals surface area contributed by atoms with Gasteiger partial charge in [0.1, 0.15) is 26.4 Å². The molecular weight excluding hydrogens is 1080 g/mol. The molecule has 6 aromatic rings. The third-order valence-electron chi connectivity index (χ3n) is 11.3. The summed E-state index contributed by atoms with van der Waals surface area (Å²) in [5, 5.41) is 82.5. The van der Waals surface area contributed by atoms with Gasteiger partial charge in [-0.05, 0) is 139 Å². The number of nitrogens with zero attached hydrogens (tertiary/aromatic N) is 6. The van der Waals surface area contributed by atoms with Gasteiger partial charge in [-0.3, -0.25) is 9.59 Å². The Morgan fingerprint density at radius 1 is 0.541 bits per heavy atom. The van der Waals surface area contributed by atoms with Crippen LogP contribution in [-0.4, -0.2) is 67.6 Å². The predicted octanol–water partition coefficient (Wildman–Crippen LogP) is 7.94. The number of carboxylic acid groups (broad SMARTS) is 2.